The molecule has 1 amide bonds. The van der Waals surface area contributed by atoms with Gasteiger partial charge in [0.1, 0.15) is 11.6 Å². The molecule has 0 radical (unpaired) electrons. The van der Waals surface area contributed by atoms with Crippen LogP contribution in [0.4, 0.5) is 5.82 Å². The van der Waals surface area contributed by atoms with Gasteiger partial charge < -0.3 is 10.1 Å². The van der Waals surface area contributed by atoms with Crippen molar-refractivity contribution in [1.82, 2.24) is 14.7 Å². The normalized spacial score (nSPS) is 15.5. The number of piperidine rings is 1. The molecule has 32 heavy (non-hydrogen) atoms. The van der Waals surface area contributed by atoms with Crippen molar-refractivity contribution < 1.29 is 9.53 Å². The number of likely N-dealkylation sites (tertiary alicyclic amines) is 1. The lowest BCUT2D eigenvalue weighted by atomic mass is 10.0. The highest BCUT2D eigenvalue weighted by atomic mass is 16.5. The molecule has 1 aromatic heterocycles. The Kier molecular flexibility index (Phi) is 7.02. The minimum Gasteiger partial charge on any atom is -0.496 e. The van der Waals surface area contributed by atoms with E-state index >= 15 is 0 Å². The van der Waals surface area contributed by atoms with E-state index < -0.39 is 0 Å². The number of nitrogens with one attached hydrogen (secondary N) is 1. The minimum atomic E-state index is -0.191. The van der Waals surface area contributed by atoms with Gasteiger partial charge in [0.2, 0.25) is 0 Å². The number of nitrogens with zero attached hydrogens (tertiary/aromatic N) is 3. The number of para-hydroxylation sites is 1. The first-order valence-electron chi connectivity index (χ1n) is 11.1. The average molecular weight is 431 g/mol. The van der Waals surface area contributed by atoms with Gasteiger partial charge in [0.05, 0.1) is 24.9 Å². The number of anilines is 1. The number of rotatable bonds is 7. The largest absolute Gasteiger partial charge is 0.496 e. The van der Waals surface area contributed by atoms with Crippen LogP contribution >= 0.6 is 0 Å². The van der Waals surface area contributed by atoms with Crippen LogP contribution in [0, 0.1) is 0 Å². The van der Waals surface area contributed by atoms with Crippen LogP contribution in [0.3, 0.4) is 0 Å². The third-order valence-electron chi connectivity index (χ3n) is 5.85. The number of amides is 1. The summed E-state index contributed by atoms with van der Waals surface area (Å²) in [6.07, 6.45) is 6.00. The summed E-state index contributed by atoms with van der Waals surface area (Å²) in [4.78, 5) is 15.3. The molecule has 0 saturated carbocycles. The third-order valence-corrected chi connectivity index (χ3v) is 5.85. The molecule has 0 unspecified atom stereocenters. The van der Waals surface area contributed by atoms with Gasteiger partial charge >= 0.3 is 0 Å². The molecule has 0 aliphatic carbocycles. The lowest BCUT2D eigenvalue weighted by Gasteiger charge is -2.33. The van der Waals surface area contributed by atoms with Crippen LogP contribution in [0.2, 0.25) is 0 Å². The van der Waals surface area contributed by atoms with E-state index in [2.05, 4.69) is 52.6 Å². The third kappa shape index (κ3) is 5.26. The number of ether oxygens (including phenoxy) is 1. The number of carbonyl (C=O) groups excluding carboxylic acids is 1. The number of hydrogen-bond donors (Lipinski definition) is 1. The topological polar surface area (TPSA) is 59.4 Å². The van der Waals surface area contributed by atoms with Crippen molar-refractivity contribution in [2.24, 2.45) is 0 Å². The second-order valence-corrected chi connectivity index (χ2v) is 8.22. The maximum Gasteiger partial charge on any atom is 0.260 e. The number of aromatic nitrogens is 2. The molecule has 1 N–H and O–H groups in total. The van der Waals surface area contributed by atoms with E-state index in [0.717, 1.165) is 38.3 Å². The van der Waals surface area contributed by atoms with Gasteiger partial charge in [-0.1, -0.05) is 54.1 Å². The van der Waals surface area contributed by atoms with Gasteiger partial charge in [-0.3, -0.25) is 9.69 Å². The lowest BCUT2D eigenvalue weighted by molar-refractivity contribution is 0.102. The lowest BCUT2D eigenvalue weighted by Crippen LogP contribution is -2.36. The van der Waals surface area contributed by atoms with Crippen molar-refractivity contribution in [3.63, 3.8) is 0 Å². The number of benzene rings is 2. The molecule has 0 spiro atoms. The highest BCUT2D eigenvalue weighted by Crippen LogP contribution is 2.27. The van der Waals surface area contributed by atoms with Gasteiger partial charge in [0.15, 0.2) is 0 Å². The number of carbonyl (C=O) groups is 1. The molecule has 0 bridgehead atoms. The molecule has 1 aliphatic rings. The molecule has 4 rings (SSSR count). The van der Waals surface area contributed by atoms with E-state index in [9.17, 15) is 4.79 Å². The van der Waals surface area contributed by atoms with Crippen LogP contribution in [0.1, 0.15) is 41.7 Å². The van der Waals surface area contributed by atoms with Crippen LogP contribution in [0.25, 0.3) is 6.08 Å². The quantitative estimate of drug-likeness (QED) is 0.580. The second-order valence-electron chi connectivity index (χ2n) is 8.22. The minimum absolute atomic E-state index is 0.191. The molecule has 2 heterocycles. The van der Waals surface area contributed by atoms with E-state index in [1.165, 1.54) is 11.1 Å². The van der Waals surface area contributed by atoms with E-state index in [4.69, 9.17) is 4.74 Å². The monoisotopic (exact) mass is 430 g/mol. The first-order valence-corrected chi connectivity index (χ1v) is 11.1. The van der Waals surface area contributed by atoms with E-state index in [1.807, 2.05) is 28.9 Å². The summed E-state index contributed by atoms with van der Waals surface area (Å²) in [6.45, 7) is 5.17. The summed E-state index contributed by atoms with van der Waals surface area (Å²) in [5, 5.41) is 7.52. The van der Waals surface area contributed by atoms with Crippen molar-refractivity contribution in [3.8, 4) is 5.75 Å². The van der Waals surface area contributed by atoms with Crippen LogP contribution in [-0.4, -0.2) is 47.3 Å². The Hall–Kier alpha value is -3.38. The first-order chi connectivity index (χ1) is 15.6. The van der Waals surface area contributed by atoms with Gasteiger partial charge in [-0.25, -0.2) is 4.68 Å². The molecule has 1 saturated heterocycles. The molecular weight excluding hydrogens is 400 g/mol. The fraction of sp³-hybridized carbons (Fsp3) is 0.308. The Morgan fingerprint density at radius 2 is 1.81 bits per heavy atom. The SMILES string of the molecule is COc1ccccc1C(=O)Nc1ccnn1C1CCN(C/C(C)=C/c2ccccc2)CC1. The number of methoxy groups -OCH3 is 1. The molecule has 1 fully saturated rings. The zero-order valence-electron chi connectivity index (χ0n) is 18.7. The van der Waals surface area contributed by atoms with Gasteiger partial charge in [-0.15, -0.1) is 0 Å². The number of hydrogen-bond acceptors (Lipinski definition) is 4. The summed E-state index contributed by atoms with van der Waals surface area (Å²) >= 11 is 0. The average Bonchev–Trinajstić information content (AvgIpc) is 3.28. The van der Waals surface area contributed by atoms with Crippen molar-refractivity contribution in [2.45, 2.75) is 25.8 Å². The maximum atomic E-state index is 12.8. The molecule has 1 aliphatic heterocycles. The highest BCUT2D eigenvalue weighted by Gasteiger charge is 2.23. The van der Waals surface area contributed by atoms with Crippen molar-refractivity contribution in [1.29, 1.82) is 0 Å². The molecule has 166 valence electrons. The highest BCUT2D eigenvalue weighted by molar-refractivity contribution is 6.05. The smallest absolute Gasteiger partial charge is 0.260 e. The first kappa shape index (κ1) is 21.8. The van der Waals surface area contributed by atoms with Crippen molar-refractivity contribution in [3.05, 3.63) is 83.6 Å². The maximum absolute atomic E-state index is 12.8. The zero-order chi connectivity index (χ0) is 22.3. The van der Waals surface area contributed by atoms with Crippen molar-refractivity contribution >= 4 is 17.8 Å². The molecular formula is C26H30N4O2. The Labute approximate surface area is 189 Å². The predicted octanol–water partition coefficient (Wildman–Crippen LogP) is 4.88. The Balaban J connectivity index is 1.35. The van der Waals surface area contributed by atoms with Crippen LogP contribution < -0.4 is 10.1 Å². The zero-order valence-corrected chi connectivity index (χ0v) is 18.7. The fourth-order valence-electron chi connectivity index (χ4n) is 4.27. The predicted molar refractivity (Wildman–Crippen MR) is 128 cm³/mol. The Morgan fingerprint density at radius 3 is 2.56 bits per heavy atom. The second kappa shape index (κ2) is 10.3. The Morgan fingerprint density at radius 1 is 1.09 bits per heavy atom. The van der Waals surface area contributed by atoms with Crippen molar-refractivity contribution in [2.75, 3.05) is 32.1 Å². The van der Waals surface area contributed by atoms with Crippen LogP contribution in [-0.2, 0) is 0 Å². The van der Waals surface area contributed by atoms with Gasteiger partial charge in [0, 0.05) is 25.7 Å². The fourth-order valence-corrected chi connectivity index (χ4v) is 4.27. The van der Waals surface area contributed by atoms with Crippen LogP contribution in [0.15, 0.2) is 72.4 Å². The summed E-state index contributed by atoms with van der Waals surface area (Å²) in [6, 6.07) is 19.8. The summed E-state index contributed by atoms with van der Waals surface area (Å²) < 4.78 is 7.28. The van der Waals surface area contributed by atoms with E-state index in [0.29, 0.717) is 11.3 Å². The molecule has 6 heteroatoms. The van der Waals surface area contributed by atoms with Gasteiger partial charge in [-0.05, 0) is 37.5 Å². The summed E-state index contributed by atoms with van der Waals surface area (Å²) in [7, 11) is 1.57. The van der Waals surface area contributed by atoms with E-state index in [1.54, 1.807) is 25.4 Å². The summed E-state index contributed by atoms with van der Waals surface area (Å²) in [5.41, 5.74) is 3.11. The van der Waals surface area contributed by atoms with Gasteiger partial charge in [0.25, 0.3) is 5.91 Å². The molecule has 6 nitrogen and oxygen atoms in total. The molecule has 0 atom stereocenters. The van der Waals surface area contributed by atoms with E-state index in [-0.39, 0.29) is 11.9 Å². The standard InChI is InChI=1S/C26H30N4O2/c1-20(18-21-8-4-3-5-9-21)19-29-16-13-22(14-17-29)30-25(12-15-27-30)28-26(31)23-10-6-7-11-24(23)32-2/h3-12,15,18,22H,13-14,16-17,19H2,1-2H3,(H,28,31)/b20-18+. The summed E-state index contributed by atoms with van der Waals surface area (Å²) in [5.74, 6) is 1.09. The Bertz CT molecular complexity index is 1070. The molecule has 3 aromatic rings. The van der Waals surface area contributed by atoms with Gasteiger partial charge in [-0.2, -0.15) is 5.10 Å². The van der Waals surface area contributed by atoms with Crippen LogP contribution in [0.5, 0.6) is 5.75 Å². The molecule has 2 aromatic carbocycles.